The molecule has 1 atom stereocenters. The SMILES string of the molecule is O=C1NCCc2cc(CC(CCNc3ccccn3)Cc3ccccc3)ccc21. The average Bonchev–Trinajstić information content (AvgIpc) is 2.75. The molecule has 2 N–H and O–H groups in total. The zero-order chi connectivity index (χ0) is 19.9. The van der Waals surface area contributed by atoms with Crippen molar-refractivity contribution in [3.05, 3.63) is 95.2 Å². The van der Waals surface area contributed by atoms with Crippen LogP contribution >= 0.6 is 0 Å². The van der Waals surface area contributed by atoms with Crippen LogP contribution in [0, 0.1) is 5.92 Å². The van der Waals surface area contributed by atoms with Gasteiger partial charge in [-0.3, -0.25) is 4.79 Å². The van der Waals surface area contributed by atoms with E-state index in [1.165, 1.54) is 16.7 Å². The van der Waals surface area contributed by atoms with E-state index in [-0.39, 0.29) is 5.91 Å². The highest BCUT2D eigenvalue weighted by atomic mass is 16.1. The minimum Gasteiger partial charge on any atom is -0.370 e. The molecule has 29 heavy (non-hydrogen) atoms. The Morgan fingerprint density at radius 2 is 1.79 bits per heavy atom. The summed E-state index contributed by atoms with van der Waals surface area (Å²) < 4.78 is 0. The summed E-state index contributed by atoms with van der Waals surface area (Å²) in [5, 5.41) is 6.36. The molecule has 1 aromatic heterocycles. The van der Waals surface area contributed by atoms with E-state index >= 15 is 0 Å². The molecule has 1 aliphatic rings. The van der Waals surface area contributed by atoms with Gasteiger partial charge in [-0.2, -0.15) is 0 Å². The number of benzene rings is 2. The fourth-order valence-corrected chi connectivity index (χ4v) is 4.04. The van der Waals surface area contributed by atoms with E-state index < -0.39 is 0 Å². The Bertz CT molecular complexity index is 941. The van der Waals surface area contributed by atoms with Crippen molar-refractivity contribution in [2.24, 2.45) is 5.92 Å². The minimum atomic E-state index is 0.0539. The Morgan fingerprint density at radius 3 is 2.62 bits per heavy atom. The topological polar surface area (TPSA) is 54.0 Å². The summed E-state index contributed by atoms with van der Waals surface area (Å²) in [6.45, 7) is 1.62. The first-order valence-corrected chi connectivity index (χ1v) is 10.4. The number of rotatable bonds is 8. The first-order valence-electron chi connectivity index (χ1n) is 10.4. The molecule has 1 unspecified atom stereocenters. The molecular formula is C25H27N3O. The van der Waals surface area contributed by atoms with E-state index in [4.69, 9.17) is 0 Å². The quantitative estimate of drug-likeness (QED) is 0.609. The summed E-state index contributed by atoms with van der Waals surface area (Å²) in [7, 11) is 0. The van der Waals surface area contributed by atoms with Gasteiger partial charge in [0, 0.05) is 24.8 Å². The Kier molecular flexibility index (Phi) is 6.20. The van der Waals surface area contributed by atoms with Gasteiger partial charge in [0.05, 0.1) is 0 Å². The van der Waals surface area contributed by atoms with Gasteiger partial charge < -0.3 is 10.6 Å². The maximum absolute atomic E-state index is 12.0. The van der Waals surface area contributed by atoms with Crippen molar-refractivity contribution in [1.82, 2.24) is 10.3 Å². The van der Waals surface area contributed by atoms with Crippen LogP contribution in [0.4, 0.5) is 5.82 Å². The Balaban J connectivity index is 1.45. The van der Waals surface area contributed by atoms with Crippen molar-refractivity contribution in [2.75, 3.05) is 18.4 Å². The molecule has 0 aliphatic carbocycles. The zero-order valence-corrected chi connectivity index (χ0v) is 16.6. The van der Waals surface area contributed by atoms with Gasteiger partial charge in [-0.25, -0.2) is 4.98 Å². The van der Waals surface area contributed by atoms with Crippen LogP contribution in [0.2, 0.25) is 0 Å². The molecule has 2 heterocycles. The van der Waals surface area contributed by atoms with Gasteiger partial charge >= 0.3 is 0 Å². The third kappa shape index (κ3) is 5.23. The predicted octanol–water partition coefficient (Wildman–Crippen LogP) is 4.27. The summed E-state index contributed by atoms with van der Waals surface area (Å²) in [5.74, 6) is 1.49. The van der Waals surface area contributed by atoms with Crippen LogP contribution in [0.3, 0.4) is 0 Å². The van der Waals surface area contributed by atoms with Gasteiger partial charge in [0.1, 0.15) is 5.82 Å². The lowest BCUT2D eigenvalue weighted by molar-refractivity contribution is 0.0946. The predicted molar refractivity (Wildman–Crippen MR) is 117 cm³/mol. The molecule has 0 radical (unpaired) electrons. The number of aromatic nitrogens is 1. The number of nitrogens with one attached hydrogen (secondary N) is 2. The van der Waals surface area contributed by atoms with Crippen LogP contribution < -0.4 is 10.6 Å². The van der Waals surface area contributed by atoms with E-state index in [0.29, 0.717) is 5.92 Å². The van der Waals surface area contributed by atoms with Gasteiger partial charge in [0.2, 0.25) is 0 Å². The van der Waals surface area contributed by atoms with E-state index in [2.05, 4.69) is 58.1 Å². The van der Waals surface area contributed by atoms with E-state index in [1.807, 2.05) is 30.5 Å². The van der Waals surface area contributed by atoms with Crippen molar-refractivity contribution in [2.45, 2.75) is 25.7 Å². The lowest BCUT2D eigenvalue weighted by Gasteiger charge is -2.21. The molecule has 1 amide bonds. The normalized spacial score (nSPS) is 14.0. The number of anilines is 1. The molecule has 3 aromatic rings. The number of fused-ring (bicyclic) bond motifs is 1. The van der Waals surface area contributed by atoms with Gasteiger partial charge in [-0.15, -0.1) is 0 Å². The number of amides is 1. The van der Waals surface area contributed by atoms with Gasteiger partial charge in [0.25, 0.3) is 5.91 Å². The highest BCUT2D eigenvalue weighted by Gasteiger charge is 2.18. The zero-order valence-electron chi connectivity index (χ0n) is 16.6. The van der Waals surface area contributed by atoms with Crippen LogP contribution in [-0.4, -0.2) is 24.0 Å². The van der Waals surface area contributed by atoms with Crippen molar-refractivity contribution in [3.8, 4) is 0 Å². The summed E-state index contributed by atoms with van der Waals surface area (Å²) in [4.78, 5) is 16.4. The Labute approximate surface area is 172 Å². The second-order valence-electron chi connectivity index (χ2n) is 7.69. The molecule has 4 heteroatoms. The lowest BCUT2D eigenvalue weighted by Crippen LogP contribution is -2.31. The van der Waals surface area contributed by atoms with Gasteiger partial charge in [0.15, 0.2) is 0 Å². The number of hydrogen-bond donors (Lipinski definition) is 2. The number of nitrogens with zero attached hydrogens (tertiary/aromatic N) is 1. The molecule has 0 fully saturated rings. The highest BCUT2D eigenvalue weighted by molar-refractivity contribution is 5.96. The molecule has 0 saturated heterocycles. The Morgan fingerprint density at radius 1 is 0.966 bits per heavy atom. The smallest absolute Gasteiger partial charge is 0.251 e. The first-order chi connectivity index (χ1) is 14.3. The highest BCUT2D eigenvalue weighted by Crippen LogP contribution is 2.22. The fraction of sp³-hybridized carbons (Fsp3) is 0.280. The third-order valence-electron chi connectivity index (χ3n) is 5.51. The molecule has 4 rings (SSSR count). The van der Waals surface area contributed by atoms with Crippen LogP contribution in [-0.2, 0) is 19.3 Å². The molecule has 4 nitrogen and oxygen atoms in total. The van der Waals surface area contributed by atoms with Crippen LogP contribution in [0.15, 0.2) is 72.9 Å². The van der Waals surface area contributed by atoms with E-state index in [9.17, 15) is 4.79 Å². The number of carbonyl (C=O) groups excluding carboxylic acids is 1. The maximum Gasteiger partial charge on any atom is 0.251 e. The van der Waals surface area contributed by atoms with Gasteiger partial charge in [-0.05, 0) is 66.5 Å². The van der Waals surface area contributed by atoms with Crippen molar-refractivity contribution in [1.29, 1.82) is 0 Å². The monoisotopic (exact) mass is 385 g/mol. The summed E-state index contributed by atoms with van der Waals surface area (Å²) in [6, 6.07) is 23.0. The van der Waals surface area contributed by atoms with Crippen LogP contribution in [0.5, 0.6) is 0 Å². The molecule has 0 spiro atoms. The van der Waals surface area contributed by atoms with Crippen molar-refractivity contribution >= 4 is 11.7 Å². The molecular weight excluding hydrogens is 358 g/mol. The van der Waals surface area contributed by atoms with E-state index in [0.717, 1.165) is 50.2 Å². The summed E-state index contributed by atoms with van der Waals surface area (Å²) >= 11 is 0. The van der Waals surface area contributed by atoms with Crippen molar-refractivity contribution in [3.63, 3.8) is 0 Å². The maximum atomic E-state index is 12.0. The summed E-state index contributed by atoms with van der Waals surface area (Å²) in [6.07, 6.45) is 5.84. The largest absolute Gasteiger partial charge is 0.370 e. The first kappa shape index (κ1) is 19.2. The third-order valence-corrected chi connectivity index (χ3v) is 5.51. The Hall–Kier alpha value is -3.14. The second-order valence-corrected chi connectivity index (χ2v) is 7.69. The minimum absolute atomic E-state index is 0.0539. The van der Waals surface area contributed by atoms with E-state index in [1.54, 1.807) is 0 Å². The average molecular weight is 386 g/mol. The standard InChI is InChI=1S/C25H27N3O/c29-25-23-10-9-20(18-22(23)12-15-28-25)17-21(16-19-6-2-1-3-7-19)11-14-27-24-8-4-5-13-26-24/h1-10,13,18,21H,11-12,14-17H2,(H,26,27)(H,28,29). The fourth-order valence-electron chi connectivity index (χ4n) is 4.04. The molecule has 0 saturated carbocycles. The lowest BCUT2D eigenvalue weighted by atomic mass is 9.88. The van der Waals surface area contributed by atoms with Crippen molar-refractivity contribution < 1.29 is 4.79 Å². The van der Waals surface area contributed by atoms with Crippen LogP contribution in [0.1, 0.15) is 33.5 Å². The number of hydrogen-bond acceptors (Lipinski definition) is 3. The second kappa shape index (κ2) is 9.37. The number of pyridine rings is 1. The van der Waals surface area contributed by atoms with Gasteiger partial charge in [-0.1, -0.05) is 48.5 Å². The van der Waals surface area contributed by atoms with Crippen LogP contribution in [0.25, 0.3) is 0 Å². The molecule has 1 aliphatic heterocycles. The molecule has 2 aromatic carbocycles. The number of carbonyl (C=O) groups is 1. The summed E-state index contributed by atoms with van der Waals surface area (Å²) in [5.41, 5.74) is 4.69. The molecule has 148 valence electrons. The molecule has 0 bridgehead atoms.